The summed E-state index contributed by atoms with van der Waals surface area (Å²) < 4.78 is 10.5. The van der Waals surface area contributed by atoms with Crippen molar-refractivity contribution in [1.29, 1.82) is 0 Å². The molecular formula is C21H34N4O3. The van der Waals surface area contributed by atoms with Gasteiger partial charge in [0.05, 0.1) is 32.7 Å². The molecule has 0 aromatic heterocycles. The zero-order valence-electron chi connectivity index (χ0n) is 17.9. The lowest BCUT2D eigenvalue weighted by Gasteiger charge is -2.27. The molecule has 156 valence electrons. The van der Waals surface area contributed by atoms with Gasteiger partial charge in [-0.2, -0.15) is 0 Å². The fraction of sp³-hybridized carbons (Fsp3) is 0.619. The first kappa shape index (κ1) is 22.0. The molecule has 0 bridgehead atoms. The predicted molar refractivity (Wildman–Crippen MR) is 112 cm³/mol. The minimum Gasteiger partial charge on any atom is -0.496 e. The molecule has 1 fully saturated rings. The number of guanidine groups is 1. The molecule has 1 aromatic carbocycles. The van der Waals surface area contributed by atoms with Crippen LogP contribution in [0.5, 0.6) is 5.75 Å². The number of carbonyl (C=O) groups excluding carboxylic acids is 1. The minimum absolute atomic E-state index is 0.0845. The van der Waals surface area contributed by atoms with E-state index in [-0.39, 0.29) is 23.8 Å². The summed E-state index contributed by atoms with van der Waals surface area (Å²) >= 11 is 0. The number of nitrogens with zero attached hydrogens (tertiary/aromatic N) is 3. The predicted octanol–water partition coefficient (Wildman–Crippen LogP) is 2.00. The Kier molecular flexibility index (Phi) is 8.11. The van der Waals surface area contributed by atoms with E-state index >= 15 is 0 Å². The van der Waals surface area contributed by atoms with Crippen molar-refractivity contribution in [3.05, 3.63) is 29.8 Å². The topological polar surface area (TPSA) is 66.4 Å². The van der Waals surface area contributed by atoms with Gasteiger partial charge in [-0.3, -0.25) is 9.79 Å². The molecule has 0 saturated carbocycles. The van der Waals surface area contributed by atoms with E-state index in [9.17, 15) is 4.79 Å². The van der Waals surface area contributed by atoms with Crippen molar-refractivity contribution >= 4 is 11.9 Å². The molecule has 7 heteroatoms. The summed E-state index contributed by atoms with van der Waals surface area (Å²) in [6.45, 7) is 6.91. The third-order valence-electron chi connectivity index (χ3n) is 5.29. The molecule has 3 unspecified atom stereocenters. The Labute approximate surface area is 168 Å². The number of ether oxygens (including phenoxy) is 2. The molecule has 0 amide bonds. The van der Waals surface area contributed by atoms with Gasteiger partial charge in [0.15, 0.2) is 5.96 Å². The number of hydrogen-bond donors (Lipinski definition) is 1. The van der Waals surface area contributed by atoms with Crippen molar-refractivity contribution in [2.24, 2.45) is 16.8 Å². The highest BCUT2D eigenvalue weighted by Crippen LogP contribution is 2.29. The molecule has 0 aliphatic carbocycles. The molecule has 1 aromatic rings. The van der Waals surface area contributed by atoms with Gasteiger partial charge in [-0.15, -0.1) is 0 Å². The van der Waals surface area contributed by atoms with E-state index < -0.39 is 0 Å². The molecule has 1 aliphatic heterocycles. The van der Waals surface area contributed by atoms with Gasteiger partial charge in [-0.05, 0) is 33.0 Å². The molecule has 0 radical (unpaired) electrons. The van der Waals surface area contributed by atoms with Crippen LogP contribution in [0.4, 0.5) is 0 Å². The number of benzene rings is 1. The Balaban J connectivity index is 2.21. The third kappa shape index (κ3) is 5.16. The number of nitrogens with one attached hydrogen (secondary N) is 1. The Bertz CT molecular complexity index is 677. The van der Waals surface area contributed by atoms with Crippen LogP contribution in [0, 0.1) is 11.8 Å². The summed E-state index contributed by atoms with van der Waals surface area (Å²) in [7, 11) is 7.24. The molecule has 7 nitrogen and oxygen atoms in total. The van der Waals surface area contributed by atoms with Crippen LogP contribution in [0.25, 0.3) is 0 Å². The SMILES string of the molecule is CCNC(=NCC(c1ccccc1OC)N(C)C)N1CC(C)C(C(=O)OC)C1. The fourth-order valence-corrected chi connectivity index (χ4v) is 3.68. The minimum atomic E-state index is -0.147. The van der Waals surface area contributed by atoms with Crippen molar-refractivity contribution in [1.82, 2.24) is 15.1 Å². The zero-order valence-corrected chi connectivity index (χ0v) is 17.9. The molecular weight excluding hydrogens is 356 g/mol. The number of rotatable bonds is 7. The second-order valence-electron chi connectivity index (χ2n) is 7.43. The Hall–Kier alpha value is -2.28. The molecule has 0 spiro atoms. The number of esters is 1. The van der Waals surface area contributed by atoms with Crippen molar-refractivity contribution < 1.29 is 14.3 Å². The van der Waals surface area contributed by atoms with Gasteiger partial charge in [-0.1, -0.05) is 25.1 Å². The standard InChI is InChI=1S/C21H34N4O3/c1-7-22-21(25-13-15(2)17(14-25)20(26)28-6)23-12-18(24(3)4)16-10-8-9-11-19(16)27-5/h8-11,15,17-18H,7,12-14H2,1-6H3,(H,22,23). The molecule has 28 heavy (non-hydrogen) atoms. The maximum absolute atomic E-state index is 12.0. The van der Waals surface area contributed by atoms with Crippen LogP contribution in [-0.2, 0) is 9.53 Å². The highest BCUT2D eigenvalue weighted by Gasteiger charge is 2.37. The number of hydrogen-bond acceptors (Lipinski definition) is 5. The van der Waals surface area contributed by atoms with Crippen LogP contribution in [-0.4, -0.2) is 76.2 Å². The smallest absolute Gasteiger partial charge is 0.310 e. The van der Waals surface area contributed by atoms with E-state index in [1.807, 2.05) is 32.3 Å². The zero-order chi connectivity index (χ0) is 20.7. The number of carbonyl (C=O) groups is 1. The highest BCUT2D eigenvalue weighted by molar-refractivity contribution is 5.82. The van der Waals surface area contributed by atoms with Gasteiger partial charge in [0.1, 0.15) is 5.75 Å². The van der Waals surface area contributed by atoms with Gasteiger partial charge < -0.3 is 24.6 Å². The monoisotopic (exact) mass is 390 g/mol. The normalized spacial score (nSPS) is 21.0. The third-order valence-corrected chi connectivity index (χ3v) is 5.29. The van der Waals surface area contributed by atoms with Gasteiger partial charge in [0.25, 0.3) is 0 Å². The molecule has 1 aliphatic rings. The van der Waals surface area contributed by atoms with E-state index in [1.165, 1.54) is 7.11 Å². The Morgan fingerprint density at radius 3 is 2.64 bits per heavy atom. The van der Waals surface area contributed by atoms with Crippen molar-refractivity contribution in [2.75, 3.05) is 54.5 Å². The largest absolute Gasteiger partial charge is 0.496 e. The molecule has 3 atom stereocenters. The quantitative estimate of drug-likeness (QED) is 0.436. The van der Waals surface area contributed by atoms with E-state index in [4.69, 9.17) is 14.5 Å². The van der Waals surface area contributed by atoms with Crippen LogP contribution < -0.4 is 10.1 Å². The van der Waals surface area contributed by atoms with Crippen LogP contribution in [0.1, 0.15) is 25.5 Å². The number of para-hydroxylation sites is 1. The lowest BCUT2D eigenvalue weighted by atomic mass is 9.99. The summed E-state index contributed by atoms with van der Waals surface area (Å²) in [6.07, 6.45) is 0. The van der Waals surface area contributed by atoms with E-state index in [1.54, 1.807) is 7.11 Å². The molecule has 1 N–H and O–H groups in total. The molecule has 2 rings (SSSR count). The first-order valence-corrected chi connectivity index (χ1v) is 9.83. The van der Waals surface area contributed by atoms with Crippen molar-refractivity contribution in [3.63, 3.8) is 0 Å². The summed E-state index contributed by atoms with van der Waals surface area (Å²) in [5.74, 6) is 1.67. The van der Waals surface area contributed by atoms with Crippen molar-refractivity contribution in [2.45, 2.75) is 19.9 Å². The summed E-state index contributed by atoms with van der Waals surface area (Å²) in [4.78, 5) is 21.2. The Morgan fingerprint density at radius 1 is 1.32 bits per heavy atom. The molecule has 1 heterocycles. The van der Waals surface area contributed by atoms with Gasteiger partial charge >= 0.3 is 5.97 Å². The maximum atomic E-state index is 12.0. The highest BCUT2D eigenvalue weighted by atomic mass is 16.5. The number of aliphatic imine (C=N–C) groups is 1. The van der Waals surface area contributed by atoms with Crippen molar-refractivity contribution in [3.8, 4) is 5.75 Å². The average molecular weight is 391 g/mol. The number of likely N-dealkylation sites (N-methyl/N-ethyl adjacent to an activating group) is 1. The molecule has 1 saturated heterocycles. The van der Waals surface area contributed by atoms with E-state index in [0.29, 0.717) is 13.1 Å². The lowest BCUT2D eigenvalue weighted by molar-refractivity contribution is -0.145. The number of likely N-dealkylation sites (tertiary alicyclic amines) is 1. The first-order valence-electron chi connectivity index (χ1n) is 9.83. The summed E-state index contributed by atoms with van der Waals surface area (Å²) in [5, 5.41) is 3.37. The van der Waals surface area contributed by atoms with Gasteiger partial charge in [-0.25, -0.2) is 0 Å². The lowest BCUT2D eigenvalue weighted by Crippen LogP contribution is -2.41. The second kappa shape index (κ2) is 10.3. The fourth-order valence-electron chi connectivity index (χ4n) is 3.68. The van der Waals surface area contributed by atoms with Gasteiger partial charge in [0.2, 0.25) is 0 Å². The van der Waals surface area contributed by atoms with Gasteiger partial charge in [0, 0.05) is 25.2 Å². The first-order chi connectivity index (χ1) is 13.4. The average Bonchev–Trinajstić information content (AvgIpc) is 3.08. The Morgan fingerprint density at radius 2 is 2.04 bits per heavy atom. The van der Waals surface area contributed by atoms with E-state index in [2.05, 4.69) is 35.0 Å². The van der Waals surface area contributed by atoms with Crippen LogP contribution in [0.15, 0.2) is 29.3 Å². The van der Waals surface area contributed by atoms with Crippen LogP contribution in [0.3, 0.4) is 0 Å². The summed E-state index contributed by atoms with van der Waals surface area (Å²) in [6, 6.07) is 8.13. The van der Waals surface area contributed by atoms with Crippen LogP contribution >= 0.6 is 0 Å². The second-order valence-corrected chi connectivity index (χ2v) is 7.43. The summed E-state index contributed by atoms with van der Waals surface area (Å²) in [5.41, 5.74) is 1.11. The van der Waals surface area contributed by atoms with Crippen LogP contribution in [0.2, 0.25) is 0 Å². The maximum Gasteiger partial charge on any atom is 0.310 e. The van der Waals surface area contributed by atoms with E-state index in [0.717, 1.165) is 30.4 Å². The number of methoxy groups -OCH3 is 2.